The molecule has 16 heavy (non-hydrogen) atoms. The van der Waals surface area contributed by atoms with Gasteiger partial charge in [-0.3, -0.25) is 0 Å². The minimum Gasteiger partial charge on any atom is -0.303 e. The van der Waals surface area contributed by atoms with Gasteiger partial charge in [0.15, 0.2) is 0 Å². The third-order valence-electron chi connectivity index (χ3n) is 3.44. The summed E-state index contributed by atoms with van der Waals surface area (Å²) in [5.74, 6) is 1.02. The second-order valence-corrected chi connectivity index (χ2v) is 6.63. The van der Waals surface area contributed by atoms with Gasteiger partial charge in [-0.2, -0.15) is 11.8 Å². The SMILES string of the molecule is CC1(C)CSC2Cc3cc(F)ccc3C2N1. The first kappa shape index (κ1) is 10.6. The van der Waals surface area contributed by atoms with Crippen molar-refractivity contribution in [2.24, 2.45) is 0 Å². The number of hydrogen-bond donors (Lipinski definition) is 1. The molecule has 2 unspecified atom stereocenters. The van der Waals surface area contributed by atoms with Crippen molar-refractivity contribution < 1.29 is 4.39 Å². The molecular formula is C13H16FNS. The van der Waals surface area contributed by atoms with E-state index < -0.39 is 0 Å². The summed E-state index contributed by atoms with van der Waals surface area (Å²) in [5, 5.41) is 4.27. The Hall–Kier alpha value is -0.540. The van der Waals surface area contributed by atoms with E-state index in [0.717, 1.165) is 12.2 Å². The van der Waals surface area contributed by atoms with Crippen molar-refractivity contribution in [3.8, 4) is 0 Å². The van der Waals surface area contributed by atoms with Crippen LogP contribution in [0.25, 0.3) is 0 Å². The zero-order valence-corrected chi connectivity index (χ0v) is 10.4. The average molecular weight is 237 g/mol. The van der Waals surface area contributed by atoms with Crippen LogP contribution in [-0.4, -0.2) is 16.5 Å². The molecule has 0 radical (unpaired) electrons. The predicted octanol–water partition coefficient (Wildman–Crippen LogP) is 2.91. The Labute approximate surface area is 99.8 Å². The standard InChI is InChI=1S/C13H16FNS/c1-13(2)7-16-11-6-8-5-9(14)3-4-10(8)12(11)15-13/h3-5,11-12,15H,6-7H2,1-2H3. The van der Waals surface area contributed by atoms with Crippen LogP contribution in [-0.2, 0) is 6.42 Å². The second-order valence-electron chi connectivity index (χ2n) is 5.40. The van der Waals surface area contributed by atoms with Crippen LogP contribution in [0.4, 0.5) is 4.39 Å². The molecule has 1 aromatic carbocycles. The zero-order valence-electron chi connectivity index (χ0n) is 9.59. The van der Waals surface area contributed by atoms with Crippen molar-refractivity contribution in [3.05, 3.63) is 35.1 Å². The molecule has 1 saturated heterocycles. The molecule has 1 aliphatic heterocycles. The van der Waals surface area contributed by atoms with Gasteiger partial charge in [-0.05, 0) is 43.5 Å². The fourth-order valence-corrected chi connectivity index (χ4v) is 4.11. The Morgan fingerprint density at radius 3 is 3.06 bits per heavy atom. The lowest BCUT2D eigenvalue weighted by Crippen LogP contribution is -2.50. The quantitative estimate of drug-likeness (QED) is 0.744. The number of thioether (sulfide) groups is 1. The number of halogens is 1. The molecule has 0 amide bonds. The molecule has 2 aliphatic rings. The minimum atomic E-state index is -0.110. The molecule has 1 N–H and O–H groups in total. The largest absolute Gasteiger partial charge is 0.303 e. The van der Waals surface area contributed by atoms with Crippen molar-refractivity contribution in [1.82, 2.24) is 5.32 Å². The topological polar surface area (TPSA) is 12.0 Å². The maximum absolute atomic E-state index is 13.2. The van der Waals surface area contributed by atoms with Crippen molar-refractivity contribution in [2.45, 2.75) is 37.1 Å². The highest BCUT2D eigenvalue weighted by atomic mass is 32.2. The van der Waals surface area contributed by atoms with E-state index in [2.05, 4.69) is 19.2 Å². The highest BCUT2D eigenvalue weighted by Crippen LogP contribution is 2.43. The Balaban J connectivity index is 1.97. The molecule has 1 aliphatic carbocycles. The molecule has 1 aromatic rings. The molecule has 0 saturated carbocycles. The van der Waals surface area contributed by atoms with Gasteiger partial charge < -0.3 is 5.32 Å². The third-order valence-corrected chi connectivity index (χ3v) is 5.19. The molecule has 0 aromatic heterocycles. The average Bonchev–Trinajstić information content (AvgIpc) is 2.53. The van der Waals surface area contributed by atoms with E-state index >= 15 is 0 Å². The Morgan fingerprint density at radius 2 is 2.25 bits per heavy atom. The van der Waals surface area contributed by atoms with Crippen LogP contribution < -0.4 is 5.32 Å². The monoisotopic (exact) mass is 237 g/mol. The third kappa shape index (κ3) is 1.66. The van der Waals surface area contributed by atoms with Gasteiger partial charge in [0.2, 0.25) is 0 Å². The van der Waals surface area contributed by atoms with Crippen LogP contribution >= 0.6 is 11.8 Å². The first-order valence-electron chi connectivity index (χ1n) is 5.73. The van der Waals surface area contributed by atoms with E-state index in [0.29, 0.717) is 11.3 Å². The first-order valence-corrected chi connectivity index (χ1v) is 6.78. The summed E-state index contributed by atoms with van der Waals surface area (Å²) in [5.41, 5.74) is 2.67. The normalized spacial score (nSPS) is 30.9. The van der Waals surface area contributed by atoms with Gasteiger partial charge in [0.05, 0.1) is 0 Å². The molecule has 0 bridgehead atoms. The van der Waals surface area contributed by atoms with Gasteiger partial charge in [-0.25, -0.2) is 4.39 Å². The Bertz CT molecular complexity index is 430. The predicted molar refractivity (Wildman–Crippen MR) is 66.3 cm³/mol. The lowest BCUT2D eigenvalue weighted by Gasteiger charge is -2.39. The van der Waals surface area contributed by atoms with E-state index in [1.165, 1.54) is 11.1 Å². The molecule has 1 nitrogen and oxygen atoms in total. The summed E-state index contributed by atoms with van der Waals surface area (Å²) in [6.07, 6.45) is 1.01. The minimum absolute atomic E-state index is 0.110. The lowest BCUT2D eigenvalue weighted by atomic mass is 10.0. The molecule has 2 atom stereocenters. The van der Waals surface area contributed by atoms with Gasteiger partial charge in [-0.15, -0.1) is 0 Å². The molecule has 3 rings (SSSR count). The van der Waals surface area contributed by atoms with Crippen LogP contribution in [0.2, 0.25) is 0 Å². The summed E-state index contributed by atoms with van der Waals surface area (Å²) in [4.78, 5) is 0. The number of nitrogens with one attached hydrogen (secondary N) is 1. The summed E-state index contributed by atoms with van der Waals surface area (Å²) in [7, 11) is 0. The maximum Gasteiger partial charge on any atom is 0.123 e. The number of fused-ring (bicyclic) bond motifs is 3. The fraction of sp³-hybridized carbons (Fsp3) is 0.538. The van der Waals surface area contributed by atoms with E-state index in [1.807, 2.05) is 17.8 Å². The van der Waals surface area contributed by atoms with Crippen molar-refractivity contribution >= 4 is 11.8 Å². The van der Waals surface area contributed by atoms with E-state index in [4.69, 9.17) is 0 Å². The number of benzene rings is 1. The van der Waals surface area contributed by atoms with Gasteiger partial charge in [0, 0.05) is 22.6 Å². The molecule has 0 spiro atoms. The van der Waals surface area contributed by atoms with E-state index in [-0.39, 0.29) is 11.4 Å². The van der Waals surface area contributed by atoms with Gasteiger partial charge in [-0.1, -0.05) is 6.07 Å². The van der Waals surface area contributed by atoms with Gasteiger partial charge in [0.1, 0.15) is 5.82 Å². The van der Waals surface area contributed by atoms with Crippen LogP contribution in [0.1, 0.15) is 31.0 Å². The van der Waals surface area contributed by atoms with E-state index in [9.17, 15) is 4.39 Å². The van der Waals surface area contributed by atoms with E-state index in [1.54, 1.807) is 12.1 Å². The summed E-state index contributed by atoms with van der Waals surface area (Å²) in [6.45, 7) is 4.47. The van der Waals surface area contributed by atoms with Gasteiger partial charge in [0.25, 0.3) is 0 Å². The molecule has 1 fully saturated rings. The van der Waals surface area contributed by atoms with Crippen LogP contribution in [0.3, 0.4) is 0 Å². The summed E-state index contributed by atoms with van der Waals surface area (Å²) in [6, 6.07) is 5.63. The zero-order chi connectivity index (χ0) is 11.3. The van der Waals surface area contributed by atoms with Gasteiger partial charge >= 0.3 is 0 Å². The second kappa shape index (κ2) is 3.47. The number of rotatable bonds is 0. The van der Waals surface area contributed by atoms with Crippen LogP contribution in [0.5, 0.6) is 0 Å². The number of hydrogen-bond acceptors (Lipinski definition) is 2. The van der Waals surface area contributed by atoms with Crippen molar-refractivity contribution in [3.63, 3.8) is 0 Å². The fourth-order valence-electron chi connectivity index (χ4n) is 2.69. The smallest absolute Gasteiger partial charge is 0.123 e. The molecular weight excluding hydrogens is 221 g/mol. The Kier molecular flexibility index (Phi) is 2.30. The van der Waals surface area contributed by atoms with Crippen molar-refractivity contribution in [1.29, 1.82) is 0 Å². The lowest BCUT2D eigenvalue weighted by molar-refractivity contribution is 0.357. The van der Waals surface area contributed by atoms with Crippen molar-refractivity contribution in [2.75, 3.05) is 5.75 Å². The molecule has 1 heterocycles. The summed E-state index contributed by atoms with van der Waals surface area (Å²) < 4.78 is 13.2. The highest BCUT2D eigenvalue weighted by Gasteiger charge is 2.40. The summed E-state index contributed by atoms with van der Waals surface area (Å²) >= 11 is 2.02. The highest BCUT2D eigenvalue weighted by molar-refractivity contribution is 8.00. The van der Waals surface area contributed by atoms with Crippen LogP contribution in [0, 0.1) is 5.82 Å². The molecule has 3 heteroatoms. The maximum atomic E-state index is 13.2. The molecule has 86 valence electrons. The van der Waals surface area contributed by atoms with Crippen LogP contribution in [0.15, 0.2) is 18.2 Å². The Morgan fingerprint density at radius 1 is 1.44 bits per heavy atom. The first-order chi connectivity index (χ1) is 7.55.